The number of hydrogen-bond acceptors (Lipinski definition) is 4. The SMILES string of the molecule is Cc1ccc(N2CC(O)=C(c3nc(C)c(C)s3)C2=N)cc1C. The molecule has 1 aromatic carbocycles. The zero-order valence-corrected chi connectivity index (χ0v) is 14.0. The Labute approximate surface area is 134 Å². The molecule has 4 nitrogen and oxygen atoms in total. The maximum absolute atomic E-state index is 10.3. The summed E-state index contributed by atoms with van der Waals surface area (Å²) in [6, 6.07) is 6.09. The normalized spacial score (nSPS) is 15.1. The number of amidine groups is 1. The van der Waals surface area contributed by atoms with Gasteiger partial charge in [0, 0.05) is 10.6 Å². The molecule has 0 aliphatic carbocycles. The van der Waals surface area contributed by atoms with E-state index in [1.807, 2.05) is 30.9 Å². The number of aromatic nitrogens is 1. The molecule has 0 radical (unpaired) electrons. The van der Waals surface area contributed by atoms with E-state index in [0.29, 0.717) is 18.0 Å². The van der Waals surface area contributed by atoms with Crippen LogP contribution in [-0.4, -0.2) is 22.5 Å². The van der Waals surface area contributed by atoms with Crippen LogP contribution in [0, 0.1) is 33.1 Å². The standard InChI is InChI=1S/C17H19N3OS/c1-9-5-6-13(7-10(9)2)20-8-14(21)15(16(20)18)17-19-11(3)12(4)22-17/h5-7,18,21H,8H2,1-4H3. The number of anilines is 1. The van der Waals surface area contributed by atoms with Gasteiger partial charge in [-0.2, -0.15) is 0 Å². The summed E-state index contributed by atoms with van der Waals surface area (Å²) in [6.07, 6.45) is 0. The Kier molecular flexibility index (Phi) is 3.53. The van der Waals surface area contributed by atoms with Crippen LogP contribution < -0.4 is 4.90 Å². The summed E-state index contributed by atoms with van der Waals surface area (Å²) < 4.78 is 0. The lowest BCUT2D eigenvalue weighted by molar-refractivity contribution is 0.411. The Morgan fingerprint density at radius 2 is 1.91 bits per heavy atom. The third-order valence-corrected chi connectivity index (χ3v) is 5.24. The van der Waals surface area contributed by atoms with Crippen molar-refractivity contribution in [2.75, 3.05) is 11.4 Å². The fraction of sp³-hybridized carbons (Fsp3) is 0.294. The number of benzene rings is 1. The average Bonchev–Trinajstić information content (AvgIpc) is 2.93. The van der Waals surface area contributed by atoms with Crippen molar-refractivity contribution in [2.45, 2.75) is 27.7 Å². The second-order valence-electron chi connectivity index (χ2n) is 5.69. The Hall–Kier alpha value is -2.14. The highest BCUT2D eigenvalue weighted by molar-refractivity contribution is 7.13. The summed E-state index contributed by atoms with van der Waals surface area (Å²) in [7, 11) is 0. The summed E-state index contributed by atoms with van der Waals surface area (Å²) in [5.41, 5.74) is 4.84. The summed E-state index contributed by atoms with van der Waals surface area (Å²) in [4.78, 5) is 7.43. The predicted octanol–water partition coefficient (Wildman–Crippen LogP) is 4.14. The van der Waals surface area contributed by atoms with Crippen molar-refractivity contribution in [1.29, 1.82) is 5.41 Å². The minimum atomic E-state index is 0.219. The fourth-order valence-electron chi connectivity index (χ4n) is 2.50. The molecule has 3 rings (SSSR count). The van der Waals surface area contributed by atoms with Crippen LogP contribution in [0.4, 0.5) is 5.69 Å². The smallest absolute Gasteiger partial charge is 0.139 e. The molecule has 1 aliphatic rings. The van der Waals surface area contributed by atoms with Crippen LogP contribution in [0.3, 0.4) is 0 Å². The van der Waals surface area contributed by atoms with E-state index in [1.165, 1.54) is 22.5 Å². The van der Waals surface area contributed by atoms with Crippen LogP contribution >= 0.6 is 11.3 Å². The molecule has 0 unspecified atom stereocenters. The molecule has 2 heterocycles. The van der Waals surface area contributed by atoms with Crippen LogP contribution in [0.15, 0.2) is 24.0 Å². The lowest BCUT2D eigenvalue weighted by Crippen LogP contribution is -2.26. The molecular weight excluding hydrogens is 294 g/mol. The second kappa shape index (κ2) is 5.25. The summed E-state index contributed by atoms with van der Waals surface area (Å²) >= 11 is 1.53. The maximum Gasteiger partial charge on any atom is 0.139 e. The van der Waals surface area contributed by atoms with Crippen LogP contribution in [0.5, 0.6) is 0 Å². The van der Waals surface area contributed by atoms with E-state index < -0.39 is 0 Å². The number of thiazole rings is 1. The number of aliphatic hydroxyl groups is 1. The topological polar surface area (TPSA) is 60.2 Å². The monoisotopic (exact) mass is 313 g/mol. The third-order valence-electron chi connectivity index (χ3n) is 4.15. The van der Waals surface area contributed by atoms with E-state index >= 15 is 0 Å². The molecule has 22 heavy (non-hydrogen) atoms. The van der Waals surface area contributed by atoms with Gasteiger partial charge in [0.2, 0.25) is 0 Å². The van der Waals surface area contributed by atoms with Gasteiger partial charge in [-0.3, -0.25) is 5.41 Å². The van der Waals surface area contributed by atoms with Gasteiger partial charge in [0.05, 0.1) is 17.8 Å². The Bertz CT molecular complexity index is 785. The molecule has 0 saturated carbocycles. The Morgan fingerprint density at radius 3 is 2.50 bits per heavy atom. The highest BCUT2D eigenvalue weighted by Gasteiger charge is 2.31. The molecule has 0 spiro atoms. The molecule has 0 fully saturated rings. The zero-order valence-electron chi connectivity index (χ0n) is 13.2. The zero-order chi connectivity index (χ0) is 16.0. The van der Waals surface area contributed by atoms with Gasteiger partial charge in [-0.25, -0.2) is 4.98 Å². The molecule has 1 aliphatic heterocycles. The summed E-state index contributed by atoms with van der Waals surface area (Å²) in [5.74, 6) is 0.534. The van der Waals surface area contributed by atoms with Gasteiger partial charge in [0.1, 0.15) is 16.6 Å². The first-order chi connectivity index (χ1) is 10.4. The second-order valence-corrected chi connectivity index (χ2v) is 6.89. The maximum atomic E-state index is 10.3. The van der Waals surface area contributed by atoms with Crippen LogP contribution in [0.2, 0.25) is 0 Å². The fourth-order valence-corrected chi connectivity index (χ4v) is 3.48. The lowest BCUT2D eigenvalue weighted by Gasteiger charge is -2.19. The van der Waals surface area contributed by atoms with Gasteiger partial charge >= 0.3 is 0 Å². The number of aryl methyl sites for hydroxylation is 4. The minimum Gasteiger partial charge on any atom is -0.510 e. The van der Waals surface area contributed by atoms with Gasteiger partial charge in [0.15, 0.2) is 0 Å². The number of nitrogens with zero attached hydrogens (tertiary/aromatic N) is 2. The van der Waals surface area contributed by atoms with Gasteiger partial charge in [-0.05, 0) is 51.0 Å². The molecule has 0 atom stereocenters. The quantitative estimate of drug-likeness (QED) is 0.876. The van der Waals surface area contributed by atoms with Gasteiger partial charge in [-0.15, -0.1) is 11.3 Å². The molecule has 0 saturated heterocycles. The first-order valence-corrected chi connectivity index (χ1v) is 8.00. The Balaban J connectivity index is 1.97. The number of hydrogen-bond donors (Lipinski definition) is 2. The van der Waals surface area contributed by atoms with Gasteiger partial charge in [-0.1, -0.05) is 6.07 Å². The van der Waals surface area contributed by atoms with Crippen LogP contribution in [-0.2, 0) is 0 Å². The predicted molar refractivity (Wildman–Crippen MR) is 92.1 cm³/mol. The number of nitrogens with one attached hydrogen (secondary N) is 1. The van der Waals surface area contributed by atoms with Crippen molar-refractivity contribution in [3.8, 4) is 0 Å². The molecule has 2 aromatic rings. The van der Waals surface area contributed by atoms with E-state index in [0.717, 1.165) is 21.3 Å². The first kappa shape index (κ1) is 14.8. The van der Waals surface area contributed by atoms with Crippen LogP contribution in [0.25, 0.3) is 5.57 Å². The van der Waals surface area contributed by atoms with Crippen LogP contribution in [0.1, 0.15) is 26.7 Å². The molecule has 5 heteroatoms. The lowest BCUT2D eigenvalue weighted by atomic mass is 10.1. The number of aliphatic hydroxyl groups excluding tert-OH is 1. The minimum absolute atomic E-state index is 0.219. The third kappa shape index (κ3) is 2.31. The molecular formula is C17H19N3OS. The van der Waals surface area contributed by atoms with E-state index in [4.69, 9.17) is 5.41 Å². The number of rotatable bonds is 2. The van der Waals surface area contributed by atoms with E-state index in [1.54, 1.807) is 0 Å². The summed E-state index contributed by atoms with van der Waals surface area (Å²) in [6.45, 7) is 8.41. The molecule has 0 bridgehead atoms. The van der Waals surface area contributed by atoms with Crippen molar-refractivity contribution < 1.29 is 5.11 Å². The highest BCUT2D eigenvalue weighted by atomic mass is 32.1. The van der Waals surface area contributed by atoms with Gasteiger partial charge in [0.25, 0.3) is 0 Å². The largest absolute Gasteiger partial charge is 0.510 e. The summed E-state index contributed by atoms with van der Waals surface area (Å²) in [5, 5.41) is 19.5. The van der Waals surface area contributed by atoms with E-state index in [9.17, 15) is 5.11 Å². The average molecular weight is 313 g/mol. The van der Waals surface area contributed by atoms with Crippen molar-refractivity contribution in [2.24, 2.45) is 0 Å². The molecule has 114 valence electrons. The van der Waals surface area contributed by atoms with Crippen molar-refractivity contribution in [3.05, 3.63) is 50.7 Å². The van der Waals surface area contributed by atoms with Crippen molar-refractivity contribution in [1.82, 2.24) is 4.98 Å². The highest BCUT2D eigenvalue weighted by Crippen LogP contribution is 2.34. The molecule has 2 N–H and O–H groups in total. The first-order valence-electron chi connectivity index (χ1n) is 7.18. The van der Waals surface area contributed by atoms with Crippen molar-refractivity contribution in [3.63, 3.8) is 0 Å². The van der Waals surface area contributed by atoms with E-state index in [2.05, 4.69) is 24.9 Å². The Morgan fingerprint density at radius 1 is 1.18 bits per heavy atom. The van der Waals surface area contributed by atoms with E-state index in [-0.39, 0.29) is 5.76 Å². The molecule has 0 amide bonds. The molecule has 1 aromatic heterocycles. The van der Waals surface area contributed by atoms with Crippen molar-refractivity contribution >= 4 is 28.4 Å². The van der Waals surface area contributed by atoms with Gasteiger partial charge < -0.3 is 10.0 Å².